The van der Waals surface area contributed by atoms with E-state index in [4.69, 9.17) is 5.26 Å². The maximum atomic E-state index is 8.49. The van der Waals surface area contributed by atoms with Crippen molar-refractivity contribution in [3.63, 3.8) is 0 Å². The summed E-state index contributed by atoms with van der Waals surface area (Å²) in [6, 6.07) is 0. The molecule has 4 rings (SSSR count). The van der Waals surface area contributed by atoms with Gasteiger partial charge in [0.2, 0.25) is 0 Å². The molecule has 4 aliphatic rings. The molecule has 0 heterocycles. The van der Waals surface area contributed by atoms with Gasteiger partial charge in [-0.05, 0) is 85.3 Å². The number of allylic oxidation sites excluding steroid dienone is 1. The number of thioether (sulfide) groups is 1. The highest BCUT2D eigenvalue weighted by molar-refractivity contribution is 8.06. The Morgan fingerprint density at radius 1 is 1.12 bits per heavy atom. The molecule has 1 nitrogen and oxygen atoms in total. The normalized spacial score (nSPS) is 45.1. The molecule has 0 spiro atoms. The SMILES string of the molecule is N#CS/C=C/CC12CC3CC(CC(C3)C1)C2. The topological polar surface area (TPSA) is 23.8 Å². The summed E-state index contributed by atoms with van der Waals surface area (Å²) in [4.78, 5) is 0. The van der Waals surface area contributed by atoms with E-state index in [9.17, 15) is 0 Å². The van der Waals surface area contributed by atoms with Gasteiger partial charge in [-0.2, -0.15) is 5.26 Å². The van der Waals surface area contributed by atoms with Gasteiger partial charge in [-0.25, -0.2) is 0 Å². The summed E-state index contributed by atoms with van der Waals surface area (Å²) in [7, 11) is 0. The molecule has 2 heteroatoms. The van der Waals surface area contributed by atoms with Crippen LogP contribution in [0.1, 0.15) is 44.9 Å². The zero-order valence-corrected chi connectivity index (χ0v) is 10.5. The predicted octanol–water partition coefficient (Wildman–Crippen LogP) is 4.32. The first-order valence-electron chi connectivity index (χ1n) is 6.49. The van der Waals surface area contributed by atoms with E-state index < -0.39 is 0 Å². The summed E-state index contributed by atoms with van der Waals surface area (Å²) in [5.74, 6) is 3.13. The Bertz CT molecular complexity index is 304. The summed E-state index contributed by atoms with van der Waals surface area (Å²) < 4.78 is 0. The lowest BCUT2D eigenvalue weighted by Crippen LogP contribution is -2.45. The first-order chi connectivity index (χ1) is 7.80. The molecule has 0 amide bonds. The maximum Gasteiger partial charge on any atom is 0.137 e. The molecule has 0 aromatic heterocycles. The minimum absolute atomic E-state index is 0.640. The Morgan fingerprint density at radius 2 is 1.69 bits per heavy atom. The molecule has 16 heavy (non-hydrogen) atoms. The molecular formula is C14H19NS. The van der Waals surface area contributed by atoms with Crippen LogP contribution in [0.25, 0.3) is 0 Å². The highest BCUT2D eigenvalue weighted by atomic mass is 32.2. The van der Waals surface area contributed by atoms with Crippen molar-refractivity contribution in [1.82, 2.24) is 0 Å². The number of hydrogen-bond acceptors (Lipinski definition) is 2. The van der Waals surface area contributed by atoms with Crippen molar-refractivity contribution in [2.24, 2.45) is 23.2 Å². The third-order valence-corrected chi connectivity index (χ3v) is 5.37. The van der Waals surface area contributed by atoms with Gasteiger partial charge in [-0.15, -0.1) is 0 Å². The fourth-order valence-corrected chi connectivity index (χ4v) is 5.17. The van der Waals surface area contributed by atoms with Crippen LogP contribution in [0, 0.1) is 33.8 Å². The molecule has 4 bridgehead atoms. The van der Waals surface area contributed by atoms with Crippen LogP contribution in [-0.2, 0) is 0 Å². The summed E-state index contributed by atoms with van der Waals surface area (Å²) in [6.07, 6.45) is 12.5. The van der Waals surface area contributed by atoms with E-state index in [-0.39, 0.29) is 0 Å². The number of nitrogens with zero attached hydrogens (tertiary/aromatic N) is 1. The Morgan fingerprint density at radius 3 is 2.19 bits per heavy atom. The van der Waals surface area contributed by atoms with Gasteiger partial charge in [0.25, 0.3) is 0 Å². The third kappa shape index (κ3) is 1.91. The first-order valence-corrected chi connectivity index (χ1v) is 7.37. The second kappa shape index (κ2) is 4.11. The van der Waals surface area contributed by atoms with Crippen LogP contribution in [0.2, 0.25) is 0 Å². The van der Waals surface area contributed by atoms with Crippen molar-refractivity contribution in [3.8, 4) is 5.40 Å². The maximum absolute atomic E-state index is 8.49. The molecule has 0 aliphatic heterocycles. The van der Waals surface area contributed by atoms with E-state index >= 15 is 0 Å². The van der Waals surface area contributed by atoms with E-state index in [1.807, 2.05) is 5.41 Å². The van der Waals surface area contributed by atoms with Crippen LogP contribution < -0.4 is 0 Å². The van der Waals surface area contributed by atoms with Gasteiger partial charge in [0.1, 0.15) is 5.40 Å². The molecular weight excluding hydrogens is 214 g/mol. The number of nitriles is 1. The monoisotopic (exact) mass is 233 g/mol. The summed E-state index contributed by atoms with van der Waals surface area (Å²) in [6.45, 7) is 0. The van der Waals surface area contributed by atoms with Crippen molar-refractivity contribution in [2.45, 2.75) is 44.9 Å². The van der Waals surface area contributed by atoms with Crippen LogP contribution in [0.3, 0.4) is 0 Å². The van der Waals surface area contributed by atoms with Crippen LogP contribution in [0.5, 0.6) is 0 Å². The number of thiocyanates is 1. The smallest absolute Gasteiger partial charge is 0.137 e. The third-order valence-electron chi connectivity index (χ3n) is 4.93. The highest BCUT2D eigenvalue weighted by Crippen LogP contribution is 2.61. The van der Waals surface area contributed by atoms with Gasteiger partial charge < -0.3 is 0 Å². The second-order valence-electron chi connectivity index (χ2n) is 6.20. The molecule has 0 aromatic carbocycles. The minimum atomic E-state index is 0.640. The van der Waals surface area contributed by atoms with E-state index in [2.05, 4.69) is 11.5 Å². The van der Waals surface area contributed by atoms with Crippen LogP contribution in [0.4, 0.5) is 0 Å². The van der Waals surface area contributed by atoms with Gasteiger partial charge in [0.05, 0.1) is 0 Å². The van der Waals surface area contributed by atoms with E-state index in [1.54, 1.807) is 0 Å². The van der Waals surface area contributed by atoms with Crippen LogP contribution >= 0.6 is 11.8 Å². The zero-order valence-electron chi connectivity index (χ0n) is 9.69. The first kappa shape index (κ1) is 10.7. The Hall–Kier alpha value is -0.420. The summed E-state index contributed by atoms with van der Waals surface area (Å²) in [5, 5.41) is 12.6. The lowest BCUT2D eigenvalue weighted by atomic mass is 9.49. The lowest BCUT2D eigenvalue weighted by molar-refractivity contribution is -0.0506. The molecule has 4 aliphatic carbocycles. The Labute approximate surface area is 102 Å². The molecule has 4 fully saturated rings. The predicted molar refractivity (Wildman–Crippen MR) is 67.6 cm³/mol. The standard InChI is InChI=1S/C14H19NS/c15-10-16-3-1-2-14-7-11-4-12(8-14)6-13(5-11)9-14/h1,3,11-13H,2,4-9H2/b3-1+. The van der Waals surface area contributed by atoms with E-state index in [0.29, 0.717) is 5.41 Å². The molecule has 0 unspecified atom stereocenters. The fraction of sp³-hybridized carbons (Fsp3) is 0.786. The molecule has 4 saturated carbocycles. The van der Waals surface area contributed by atoms with Crippen molar-refractivity contribution in [1.29, 1.82) is 5.26 Å². The molecule has 0 saturated heterocycles. The van der Waals surface area contributed by atoms with Crippen molar-refractivity contribution < 1.29 is 0 Å². The molecule has 0 atom stereocenters. The van der Waals surface area contributed by atoms with E-state index in [1.165, 1.54) is 56.7 Å². The van der Waals surface area contributed by atoms with Crippen molar-refractivity contribution in [2.75, 3.05) is 0 Å². The van der Waals surface area contributed by atoms with Gasteiger partial charge in [0.15, 0.2) is 0 Å². The minimum Gasteiger partial charge on any atom is -0.185 e. The number of rotatable bonds is 3. The quantitative estimate of drug-likeness (QED) is 0.678. The van der Waals surface area contributed by atoms with Gasteiger partial charge in [0, 0.05) is 0 Å². The summed E-state index contributed by atoms with van der Waals surface area (Å²) >= 11 is 1.26. The van der Waals surface area contributed by atoms with Crippen LogP contribution in [-0.4, -0.2) is 0 Å². The molecule has 0 radical (unpaired) electrons. The largest absolute Gasteiger partial charge is 0.185 e. The van der Waals surface area contributed by atoms with Crippen molar-refractivity contribution >= 4 is 11.8 Å². The molecule has 0 N–H and O–H groups in total. The van der Waals surface area contributed by atoms with E-state index in [0.717, 1.165) is 17.8 Å². The Kier molecular flexibility index (Phi) is 2.75. The molecule has 86 valence electrons. The van der Waals surface area contributed by atoms with Gasteiger partial charge >= 0.3 is 0 Å². The molecule has 0 aromatic rings. The summed E-state index contributed by atoms with van der Waals surface area (Å²) in [5.41, 5.74) is 0.640. The zero-order chi connectivity index (χ0) is 11.0. The number of hydrogen-bond donors (Lipinski definition) is 0. The van der Waals surface area contributed by atoms with Gasteiger partial charge in [-0.1, -0.05) is 6.08 Å². The van der Waals surface area contributed by atoms with Crippen LogP contribution in [0.15, 0.2) is 11.5 Å². The van der Waals surface area contributed by atoms with Gasteiger partial charge in [-0.3, -0.25) is 0 Å². The highest BCUT2D eigenvalue weighted by Gasteiger charge is 2.49. The average Bonchev–Trinajstić information content (AvgIpc) is 2.22. The average molecular weight is 233 g/mol. The fourth-order valence-electron chi connectivity index (χ4n) is 4.92. The van der Waals surface area contributed by atoms with Crippen molar-refractivity contribution in [3.05, 3.63) is 11.5 Å². The second-order valence-corrected chi connectivity index (χ2v) is 6.89. The Balaban J connectivity index is 1.67. The lowest BCUT2D eigenvalue weighted by Gasteiger charge is -2.56.